The second-order valence-electron chi connectivity index (χ2n) is 9.63. The van der Waals surface area contributed by atoms with Crippen molar-refractivity contribution in [3.05, 3.63) is 11.1 Å². The summed E-state index contributed by atoms with van der Waals surface area (Å²) in [5.74, 6) is 2.53. The van der Waals surface area contributed by atoms with Crippen LogP contribution in [0.2, 0.25) is 0 Å². The number of fused-ring (bicyclic) bond motifs is 5. The molecule has 23 heavy (non-hydrogen) atoms. The summed E-state index contributed by atoms with van der Waals surface area (Å²) in [6.45, 7) is 8.95. The first-order chi connectivity index (χ1) is 10.7. The summed E-state index contributed by atoms with van der Waals surface area (Å²) in [7, 11) is 0. The van der Waals surface area contributed by atoms with Gasteiger partial charge >= 0.3 is 0 Å². The van der Waals surface area contributed by atoms with Crippen LogP contribution in [-0.4, -0.2) is 16.5 Å². The van der Waals surface area contributed by atoms with Gasteiger partial charge in [0.1, 0.15) is 0 Å². The van der Waals surface area contributed by atoms with Crippen LogP contribution in [0, 0.1) is 28.6 Å². The van der Waals surface area contributed by atoms with Gasteiger partial charge in [0.2, 0.25) is 0 Å². The largest absolute Gasteiger partial charge is 0.390 e. The molecule has 0 aromatic carbocycles. The Morgan fingerprint density at radius 2 is 1.65 bits per heavy atom. The molecule has 2 heteroatoms. The molecule has 4 rings (SSSR count). The first-order valence-electron chi connectivity index (χ1n) is 9.66. The number of Topliss-reactive ketones (excluding diaryl/α,β-unsaturated/α-hetero) is 1. The van der Waals surface area contributed by atoms with E-state index >= 15 is 0 Å². The molecule has 0 aliphatic heterocycles. The van der Waals surface area contributed by atoms with Crippen LogP contribution >= 0.6 is 0 Å². The Bertz CT molecular complexity index is 587. The highest BCUT2D eigenvalue weighted by Gasteiger charge is 2.62. The van der Waals surface area contributed by atoms with Gasteiger partial charge in [-0.2, -0.15) is 0 Å². The third-order valence-corrected chi connectivity index (χ3v) is 8.98. The molecule has 6 atom stereocenters. The topological polar surface area (TPSA) is 37.3 Å². The average Bonchev–Trinajstić information content (AvgIpc) is 2.74. The quantitative estimate of drug-likeness (QED) is 0.706. The first-order valence-corrected chi connectivity index (χ1v) is 9.66. The summed E-state index contributed by atoms with van der Waals surface area (Å²) in [5.41, 5.74) is 2.44. The molecule has 0 heterocycles. The van der Waals surface area contributed by atoms with E-state index in [1.54, 1.807) is 0 Å². The molecule has 0 bridgehead atoms. The van der Waals surface area contributed by atoms with Gasteiger partial charge in [0, 0.05) is 6.42 Å². The minimum absolute atomic E-state index is 0.102. The van der Waals surface area contributed by atoms with E-state index in [1.165, 1.54) is 24.8 Å². The van der Waals surface area contributed by atoms with E-state index in [0.29, 0.717) is 11.7 Å². The molecule has 3 fully saturated rings. The average molecular weight is 316 g/mol. The van der Waals surface area contributed by atoms with Gasteiger partial charge in [-0.05, 0) is 93.0 Å². The molecule has 4 aliphatic carbocycles. The third-order valence-electron chi connectivity index (χ3n) is 8.98. The zero-order chi connectivity index (χ0) is 16.6. The molecule has 2 nitrogen and oxygen atoms in total. The first kappa shape index (κ1) is 15.9. The molecular formula is C21H32O2. The number of rotatable bonds is 0. The van der Waals surface area contributed by atoms with Gasteiger partial charge in [0.15, 0.2) is 5.78 Å². The Kier molecular flexibility index (Phi) is 3.25. The van der Waals surface area contributed by atoms with E-state index in [2.05, 4.69) is 27.7 Å². The molecule has 0 saturated heterocycles. The van der Waals surface area contributed by atoms with Crippen molar-refractivity contribution in [2.45, 2.75) is 84.7 Å². The Morgan fingerprint density at radius 3 is 2.39 bits per heavy atom. The summed E-state index contributed by atoms with van der Waals surface area (Å²) < 4.78 is 0. The van der Waals surface area contributed by atoms with Gasteiger partial charge in [-0.15, -0.1) is 0 Å². The summed E-state index contributed by atoms with van der Waals surface area (Å²) >= 11 is 0. The molecule has 0 aromatic heterocycles. The number of hydrogen-bond donors (Lipinski definition) is 1. The van der Waals surface area contributed by atoms with E-state index in [-0.39, 0.29) is 10.8 Å². The summed E-state index contributed by atoms with van der Waals surface area (Å²) in [6, 6.07) is 0. The fourth-order valence-corrected chi connectivity index (χ4v) is 7.23. The van der Waals surface area contributed by atoms with Crippen LogP contribution in [0.15, 0.2) is 11.1 Å². The monoisotopic (exact) mass is 316 g/mol. The summed E-state index contributed by atoms with van der Waals surface area (Å²) in [6.07, 6.45) is 8.69. The Labute approximate surface area is 140 Å². The van der Waals surface area contributed by atoms with E-state index in [1.807, 2.05) is 0 Å². The Balaban J connectivity index is 1.72. The van der Waals surface area contributed by atoms with E-state index in [0.717, 1.165) is 49.5 Å². The number of carbonyl (C=O) groups is 1. The molecule has 3 saturated carbocycles. The maximum absolute atomic E-state index is 12.2. The zero-order valence-electron chi connectivity index (χ0n) is 15.2. The van der Waals surface area contributed by atoms with Crippen molar-refractivity contribution in [3.63, 3.8) is 0 Å². The van der Waals surface area contributed by atoms with Crippen LogP contribution in [0.1, 0.15) is 79.1 Å². The van der Waals surface area contributed by atoms with Crippen LogP contribution in [-0.2, 0) is 4.79 Å². The maximum atomic E-state index is 12.2. The lowest BCUT2D eigenvalue weighted by molar-refractivity contribution is -0.125. The highest BCUT2D eigenvalue weighted by molar-refractivity contribution is 5.96. The lowest BCUT2D eigenvalue weighted by Crippen LogP contribution is -2.54. The number of carbonyl (C=O) groups excluding carboxylic acids is 1. The minimum atomic E-state index is -0.488. The highest BCUT2D eigenvalue weighted by Crippen LogP contribution is 2.67. The molecule has 0 spiro atoms. The molecule has 128 valence electrons. The van der Waals surface area contributed by atoms with Crippen molar-refractivity contribution in [1.82, 2.24) is 0 Å². The van der Waals surface area contributed by atoms with Crippen LogP contribution in [0.25, 0.3) is 0 Å². The third kappa shape index (κ3) is 1.88. The van der Waals surface area contributed by atoms with E-state index < -0.39 is 5.60 Å². The van der Waals surface area contributed by atoms with Crippen molar-refractivity contribution in [2.75, 3.05) is 0 Å². The Morgan fingerprint density at radius 1 is 0.957 bits per heavy atom. The van der Waals surface area contributed by atoms with Crippen molar-refractivity contribution < 1.29 is 9.90 Å². The molecule has 0 aromatic rings. The van der Waals surface area contributed by atoms with Crippen molar-refractivity contribution in [3.8, 4) is 0 Å². The normalized spacial score (nSPS) is 52.9. The van der Waals surface area contributed by atoms with Gasteiger partial charge in [-0.3, -0.25) is 4.79 Å². The summed E-state index contributed by atoms with van der Waals surface area (Å²) in [4.78, 5) is 12.2. The van der Waals surface area contributed by atoms with Gasteiger partial charge in [0.25, 0.3) is 0 Å². The fourth-order valence-electron chi connectivity index (χ4n) is 7.23. The molecule has 1 N–H and O–H groups in total. The van der Waals surface area contributed by atoms with Crippen LogP contribution in [0.3, 0.4) is 0 Å². The Hall–Kier alpha value is -0.630. The second-order valence-corrected chi connectivity index (χ2v) is 9.63. The standard InChI is InChI=1S/C21H32O2/c1-13-15-6-5-14-16(19(15,2)10-9-18(13)22)7-11-20(3)17(14)8-12-21(20,4)23/h14,16-17,23H,5-12H2,1-4H3/t14-,16+,17+,19-,20+,21-/m0/s1. The minimum Gasteiger partial charge on any atom is -0.390 e. The molecule has 0 radical (unpaired) electrons. The van der Waals surface area contributed by atoms with Gasteiger partial charge in [-0.1, -0.05) is 19.4 Å². The van der Waals surface area contributed by atoms with Crippen molar-refractivity contribution in [2.24, 2.45) is 28.6 Å². The lowest BCUT2D eigenvalue weighted by atomic mass is 9.46. The smallest absolute Gasteiger partial charge is 0.158 e. The molecule has 4 aliphatic rings. The van der Waals surface area contributed by atoms with Gasteiger partial charge in [-0.25, -0.2) is 0 Å². The van der Waals surface area contributed by atoms with Crippen LogP contribution < -0.4 is 0 Å². The fraction of sp³-hybridized carbons (Fsp3) is 0.857. The molecule has 0 unspecified atom stereocenters. The second kappa shape index (κ2) is 4.71. The number of aliphatic hydroxyl groups is 1. The van der Waals surface area contributed by atoms with Gasteiger partial charge in [0.05, 0.1) is 5.60 Å². The maximum Gasteiger partial charge on any atom is 0.158 e. The van der Waals surface area contributed by atoms with Crippen molar-refractivity contribution >= 4 is 5.78 Å². The van der Waals surface area contributed by atoms with Crippen LogP contribution in [0.4, 0.5) is 0 Å². The molecular weight excluding hydrogens is 284 g/mol. The highest BCUT2D eigenvalue weighted by atomic mass is 16.3. The SMILES string of the molecule is CC1=C2CC[C@H]3[C@@H](CC[C@]4(C)[C@@H]3CC[C@]4(C)O)[C@@]2(C)CCC1=O. The van der Waals surface area contributed by atoms with Gasteiger partial charge < -0.3 is 5.11 Å². The molecule has 0 amide bonds. The number of allylic oxidation sites excluding steroid dienone is 1. The lowest BCUT2D eigenvalue weighted by Gasteiger charge is -2.59. The predicted octanol–water partition coefficient (Wildman–Crippen LogP) is 4.66. The summed E-state index contributed by atoms with van der Waals surface area (Å²) in [5, 5.41) is 11.0. The van der Waals surface area contributed by atoms with Crippen molar-refractivity contribution in [1.29, 1.82) is 0 Å². The van der Waals surface area contributed by atoms with E-state index in [4.69, 9.17) is 0 Å². The van der Waals surface area contributed by atoms with E-state index in [9.17, 15) is 9.90 Å². The number of hydrogen-bond acceptors (Lipinski definition) is 2. The van der Waals surface area contributed by atoms with Crippen LogP contribution in [0.5, 0.6) is 0 Å². The zero-order valence-corrected chi connectivity index (χ0v) is 15.2. The number of ketones is 1. The predicted molar refractivity (Wildman–Crippen MR) is 92.0 cm³/mol.